The number of rotatable bonds is 1. The van der Waals surface area contributed by atoms with Gasteiger partial charge in [0, 0.05) is 6.61 Å². The summed E-state index contributed by atoms with van der Waals surface area (Å²) in [6, 6.07) is 0. The Morgan fingerprint density at radius 2 is 2.00 bits per heavy atom. The van der Waals surface area contributed by atoms with Crippen molar-refractivity contribution < 1.29 is 5.11 Å². The molecule has 1 rings (SSSR count). The summed E-state index contributed by atoms with van der Waals surface area (Å²) in [7, 11) is 0. The predicted octanol–water partition coefficient (Wildman–Crippen LogP) is 1.66. The van der Waals surface area contributed by atoms with E-state index in [2.05, 4.69) is 13.8 Å². The first-order valence-electron chi connectivity index (χ1n) is 3.85. The van der Waals surface area contributed by atoms with Crippen LogP contribution in [0.25, 0.3) is 0 Å². The van der Waals surface area contributed by atoms with Gasteiger partial charge in [-0.1, -0.05) is 13.8 Å². The maximum Gasteiger partial charge on any atom is 0.0461 e. The average Bonchev–Trinajstić information content (AvgIpc) is 2.10. The molecule has 0 bridgehead atoms. The third kappa shape index (κ3) is 1.45. The Labute approximate surface area is 57.1 Å². The molecule has 0 radical (unpaired) electrons. The Hall–Kier alpha value is -0.0400. The molecule has 0 spiro atoms. The van der Waals surface area contributed by atoms with E-state index in [1.807, 2.05) is 0 Å². The standard InChI is InChI=1S/C8H16O/c1-6-3-7(2)8(4-6)5-9/h6-9H,3-5H2,1-2H3/t6-,7+,8-/m1/s1. The van der Waals surface area contributed by atoms with E-state index in [0.717, 1.165) is 11.8 Å². The van der Waals surface area contributed by atoms with Crippen LogP contribution in [0.1, 0.15) is 26.7 Å². The monoisotopic (exact) mass is 128 g/mol. The summed E-state index contributed by atoms with van der Waals surface area (Å²) in [5, 5.41) is 8.85. The number of aliphatic hydroxyl groups excluding tert-OH is 1. The third-order valence-electron chi connectivity index (χ3n) is 2.52. The first-order valence-corrected chi connectivity index (χ1v) is 3.85. The lowest BCUT2D eigenvalue weighted by molar-refractivity contribution is 0.200. The molecule has 1 N–H and O–H groups in total. The van der Waals surface area contributed by atoms with Gasteiger partial charge in [-0.3, -0.25) is 0 Å². The lowest BCUT2D eigenvalue weighted by atomic mass is 10.00. The van der Waals surface area contributed by atoms with Crippen LogP contribution < -0.4 is 0 Å². The van der Waals surface area contributed by atoms with Crippen LogP contribution in [0, 0.1) is 17.8 Å². The van der Waals surface area contributed by atoms with Crippen molar-refractivity contribution in [3.05, 3.63) is 0 Å². The smallest absolute Gasteiger partial charge is 0.0461 e. The SMILES string of the molecule is C[C@H]1C[C@H](CO)[C@@H](C)C1. The van der Waals surface area contributed by atoms with Gasteiger partial charge in [-0.25, -0.2) is 0 Å². The van der Waals surface area contributed by atoms with Crippen LogP contribution in [0.2, 0.25) is 0 Å². The first-order chi connectivity index (χ1) is 4.24. The largest absolute Gasteiger partial charge is 0.396 e. The fourth-order valence-electron chi connectivity index (χ4n) is 1.93. The molecule has 3 atom stereocenters. The van der Waals surface area contributed by atoms with Gasteiger partial charge in [-0.15, -0.1) is 0 Å². The summed E-state index contributed by atoms with van der Waals surface area (Å²) < 4.78 is 0. The van der Waals surface area contributed by atoms with E-state index in [-0.39, 0.29) is 0 Å². The zero-order valence-electron chi connectivity index (χ0n) is 6.30. The molecular formula is C8H16O. The van der Waals surface area contributed by atoms with Gasteiger partial charge in [0.2, 0.25) is 0 Å². The van der Waals surface area contributed by atoms with Gasteiger partial charge < -0.3 is 5.11 Å². The molecule has 0 unspecified atom stereocenters. The van der Waals surface area contributed by atoms with Crippen molar-refractivity contribution in [3.8, 4) is 0 Å². The Morgan fingerprint density at radius 3 is 2.22 bits per heavy atom. The molecule has 1 aliphatic rings. The van der Waals surface area contributed by atoms with Crippen LogP contribution in [0.5, 0.6) is 0 Å². The van der Waals surface area contributed by atoms with E-state index in [0.29, 0.717) is 12.5 Å². The second-order valence-electron chi connectivity index (χ2n) is 3.50. The molecular weight excluding hydrogens is 112 g/mol. The Morgan fingerprint density at radius 1 is 1.33 bits per heavy atom. The van der Waals surface area contributed by atoms with E-state index >= 15 is 0 Å². The molecule has 0 heterocycles. The highest BCUT2D eigenvalue weighted by molar-refractivity contribution is 4.77. The van der Waals surface area contributed by atoms with Crippen molar-refractivity contribution in [1.82, 2.24) is 0 Å². The average molecular weight is 128 g/mol. The lowest BCUT2D eigenvalue weighted by Crippen LogP contribution is -2.07. The van der Waals surface area contributed by atoms with Crippen molar-refractivity contribution in [2.75, 3.05) is 6.61 Å². The molecule has 1 nitrogen and oxygen atoms in total. The number of hydrogen-bond donors (Lipinski definition) is 1. The summed E-state index contributed by atoms with van der Waals surface area (Å²) in [5.41, 5.74) is 0. The Bertz CT molecular complexity index is 90.6. The van der Waals surface area contributed by atoms with E-state index in [4.69, 9.17) is 5.11 Å². The van der Waals surface area contributed by atoms with Gasteiger partial charge in [0.1, 0.15) is 0 Å². The van der Waals surface area contributed by atoms with E-state index < -0.39 is 0 Å². The predicted molar refractivity (Wildman–Crippen MR) is 38.1 cm³/mol. The van der Waals surface area contributed by atoms with E-state index in [1.54, 1.807) is 0 Å². The topological polar surface area (TPSA) is 20.2 Å². The minimum atomic E-state index is 0.394. The zero-order valence-corrected chi connectivity index (χ0v) is 6.30. The molecule has 0 aromatic carbocycles. The molecule has 1 saturated carbocycles. The molecule has 1 fully saturated rings. The molecule has 0 aliphatic heterocycles. The van der Waals surface area contributed by atoms with E-state index in [1.165, 1.54) is 12.8 Å². The minimum Gasteiger partial charge on any atom is -0.396 e. The van der Waals surface area contributed by atoms with Crippen molar-refractivity contribution >= 4 is 0 Å². The van der Waals surface area contributed by atoms with Gasteiger partial charge in [0.15, 0.2) is 0 Å². The summed E-state index contributed by atoms with van der Waals surface area (Å²) in [4.78, 5) is 0. The van der Waals surface area contributed by atoms with Gasteiger partial charge in [-0.05, 0) is 30.6 Å². The van der Waals surface area contributed by atoms with E-state index in [9.17, 15) is 0 Å². The molecule has 0 aromatic rings. The van der Waals surface area contributed by atoms with Crippen LogP contribution in [-0.4, -0.2) is 11.7 Å². The van der Waals surface area contributed by atoms with Gasteiger partial charge in [-0.2, -0.15) is 0 Å². The van der Waals surface area contributed by atoms with Crippen LogP contribution in [0.15, 0.2) is 0 Å². The Balaban J connectivity index is 2.38. The highest BCUT2D eigenvalue weighted by atomic mass is 16.3. The molecule has 1 heteroatoms. The quantitative estimate of drug-likeness (QED) is 0.569. The molecule has 9 heavy (non-hydrogen) atoms. The number of aliphatic hydroxyl groups is 1. The Kier molecular flexibility index (Phi) is 2.12. The van der Waals surface area contributed by atoms with Crippen LogP contribution in [0.3, 0.4) is 0 Å². The summed E-state index contributed by atoms with van der Waals surface area (Å²) in [6.45, 7) is 4.90. The molecule has 1 aliphatic carbocycles. The third-order valence-corrected chi connectivity index (χ3v) is 2.52. The fraction of sp³-hybridized carbons (Fsp3) is 1.00. The highest BCUT2D eigenvalue weighted by Gasteiger charge is 2.27. The summed E-state index contributed by atoms with van der Waals surface area (Å²) in [6.07, 6.45) is 2.54. The first kappa shape index (κ1) is 7.07. The normalized spacial score (nSPS) is 43.7. The zero-order chi connectivity index (χ0) is 6.85. The maximum absolute atomic E-state index is 8.85. The molecule has 0 amide bonds. The van der Waals surface area contributed by atoms with Crippen molar-refractivity contribution in [2.45, 2.75) is 26.7 Å². The van der Waals surface area contributed by atoms with Crippen LogP contribution >= 0.6 is 0 Å². The van der Waals surface area contributed by atoms with Crippen LogP contribution in [-0.2, 0) is 0 Å². The maximum atomic E-state index is 8.85. The number of hydrogen-bond acceptors (Lipinski definition) is 1. The van der Waals surface area contributed by atoms with Crippen LogP contribution in [0.4, 0.5) is 0 Å². The van der Waals surface area contributed by atoms with Gasteiger partial charge in [0.25, 0.3) is 0 Å². The molecule has 0 saturated heterocycles. The second kappa shape index (κ2) is 2.70. The minimum absolute atomic E-state index is 0.394. The highest BCUT2D eigenvalue weighted by Crippen LogP contribution is 2.34. The summed E-state index contributed by atoms with van der Waals surface area (Å²) >= 11 is 0. The second-order valence-corrected chi connectivity index (χ2v) is 3.50. The molecule has 54 valence electrons. The van der Waals surface area contributed by atoms with Gasteiger partial charge >= 0.3 is 0 Å². The van der Waals surface area contributed by atoms with Crippen molar-refractivity contribution in [1.29, 1.82) is 0 Å². The van der Waals surface area contributed by atoms with Crippen molar-refractivity contribution in [3.63, 3.8) is 0 Å². The van der Waals surface area contributed by atoms with Crippen molar-refractivity contribution in [2.24, 2.45) is 17.8 Å². The fourth-order valence-corrected chi connectivity index (χ4v) is 1.93. The lowest BCUT2D eigenvalue weighted by Gasteiger charge is -2.09. The summed E-state index contributed by atoms with van der Waals surface area (Å²) in [5.74, 6) is 2.20. The molecule has 0 aromatic heterocycles. The van der Waals surface area contributed by atoms with Gasteiger partial charge in [0.05, 0.1) is 0 Å².